The van der Waals surface area contributed by atoms with Crippen LogP contribution in [0.25, 0.3) is 0 Å². The molecule has 1 aromatic carbocycles. The highest BCUT2D eigenvalue weighted by Gasteiger charge is 2.40. The third kappa shape index (κ3) is 3.89. The van der Waals surface area contributed by atoms with E-state index in [0.717, 1.165) is 17.8 Å². The monoisotopic (exact) mass is 398 g/mol. The molecule has 1 aliphatic rings. The Bertz CT molecular complexity index is 862. The van der Waals surface area contributed by atoms with E-state index in [4.69, 9.17) is 11.6 Å². The standard InChI is InChI=1S/C17H19ClN2O3S2/c1-2-12-5-7-13(8-6-12)19-17(21)14-4-3-11-20(14)25(22,23)16-10-9-15(18)24-16/h5-10,14H,2-4,11H2,1H3,(H,19,21). The molecule has 25 heavy (non-hydrogen) atoms. The number of nitrogens with zero attached hydrogens (tertiary/aromatic N) is 1. The van der Waals surface area contributed by atoms with E-state index < -0.39 is 16.1 Å². The van der Waals surface area contributed by atoms with E-state index in [2.05, 4.69) is 12.2 Å². The number of aryl methyl sites for hydroxylation is 1. The van der Waals surface area contributed by atoms with Crippen LogP contribution in [0, 0.1) is 0 Å². The van der Waals surface area contributed by atoms with Crippen molar-refractivity contribution in [1.82, 2.24) is 4.31 Å². The van der Waals surface area contributed by atoms with Gasteiger partial charge in [-0.15, -0.1) is 11.3 Å². The van der Waals surface area contributed by atoms with Gasteiger partial charge in [0.1, 0.15) is 10.3 Å². The molecule has 0 aliphatic carbocycles. The van der Waals surface area contributed by atoms with E-state index in [-0.39, 0.29) is 10.1 Å². The van der Waals surface area contributed by atoms with Crippen molar-refractivity contribution in [3.63, 3.8) is 0 Å². The van der Waals surface area contributed by atoms with Gasteiger partial charge in [-0.05, 0) is 49.1 Å². The summed E-state index contributed by atoms with van der Waals surface area (Å²) in [6.07, 6.45) is 2.09. The number of carbonyl (C=O) groups is 1. The van der Waals surface area contributed by atoms with E-state index in [1.54, 1.807) is 6.07 Å². The van der Waals surface area contributed by atoms with Crippen LogP contribution in [0.5, 0.6) is 0 Å². The first-order chi connectivity index (χ1) is 11.9. The molecule has 2 heterocycles. The molecule has 1 N–H and O–H groups in total. The second kappa shape index (κ2) is 7.45. The van der Waals surface area contributed by atoms with Gasteiger partial charge in [-0.2, -0.15) is 4.31 Å². The number of thiophene rings is 1. The summed E-state index contributed by atoms with van der Waals surface area (Å²) in [6.45, 7) is 2.40. The number of carbonyl (C=O) groups excluding carboxylic acids is 1. The van der Waals surface area contributed by atoms with Gasteiger partial charge >= 0.3 is 0 Å². The van der Waals surface area contributed by atoms with Gasteiger partial charge in [0.25, 0.3) is 10.0 Å². The highest BCUT2D eigenvalue weighted by molar-refractivity contribution is 7.91. The number of hydrogen-bond acceptors (Lipinski definition) is 4. The number of nitrogens with one attached hydrogen (secondary N) is 1. The lowest BCUT2D eigenvalue weighted by molar-refractivity contribution is -0.119. The van der Waals surface area contributed by atoms with Gasteiger partial charge < -0.3 is 5.32 Å². The average molecular weight is 399 g/mol. The third-order valence-electron chi connectivity index (χ3n) is 4.25. The second-order valence-electron chi connectivity index (χ2n) is 5.87. The molecular formula is C17H19ClN2O3S2. The molecule has 5 nitrogen and oxygen atoms in total. The predicted molar refractivity (Wildman–Crippen MR) is 101 cm³/mol. The molecule has 1 aliphatic heterocycles. The largest absolute Gasteiger partial charge is 0.325 e. The van der Waals surface area contributed by atoms with Crippen LogP contribution >= 0.6 is 22.9 Å². The molecule has 0 spiro atoms. The zero-order chi connectivity index (χ0) is 18.0. The fraction of sp³-hybridized carbons (Fsp3) is 0.353. The minimum atomic E-state index is -3.71. The Balaban J connectivity index is 1.77. The first-order valence-electron chi connectivity index (χ1n) is 8.09. The SMILES string of the molecule is CCc1ccc(NC(=O)C2CCCN2S(=O)(=O)c2ccc(Cl)s2)cc1. The topological polar surface area (TPSA) is 66.5 Å². The zero-order valence-corrected chi connectivity index (χ0v) is 16.1. The van der Waals surface area contributed by atoms with Crippen molar-refractivity contribution >= 4 is 44.6 Å². The molecule has 1 fully saturated rings. The quantitative estimate of drug-likeness (QED) is 0.833. The van der Waals surface area contributed by atoms with Crippen molar-refractivity contribution in [3.05, 3.63) is 46.3 Å². The smallest absolute Gasteiger partial charge is 0.253 e. The van der Waals surface area contributed by atoms with Gasteiger partial charge in [0, 0.05) is 12.2 Å². The van der Waals surface area contributed by atoms with E-state index in [9.17, 15) is 13.2 Å². The van der Waals surface area contributed by atoms with Crippen LogP contribution in [-0.2, 0) is 21.2 Å². The summed E-state index contributed by atoms with van der Waals surface area (Å²) in [7, 11) is -3.71. The van der Waals surface area contributed by atoms with Crippen molar-refractivity contribution in [2.24, 2.45) is 0 Å². The molecule has 0 radical (unpaired) electrons. The molecule has 1 amide bonds. The Morgan fingerprint density at radius 3 is 2.60 bits per heavy atom. The van der Waals surface area contributed by atoms with Crippen LogP contribution in [0.4, 0.5) is 5.69 Å². The Labute approximate surface area is 156 Å². The summed E-state index contributed by atoms with van der Waals surface area (Å²) >= 11 is 6.87. The molecule has 0 saturated carbocycles. The summed E-state index contributed by atoms with van der Waals surface area (Å²) in [5.74, 6) is -0.298. The van der Waals surface area contributed by atoms with E-state index in [0.29, 0.717) is 29.4 Å². The van der Waals surface area contributed by atoms with Crippen molar-refractivity contribution in [3.8, 4) is 0 Å². The summed E-state index contributed by atoms with van der Waals surface area (Å²) < 4.78 is 27.5. The van der Waals surface area contributed by atoms with Crippen molar-refractivity contribution < 1.29 is 13.2 Å². The van der Waals surface area contributed by atoms with Crippen LogP contribution in [0.2, 0.25) is 4.34 Å². The molecule has 1 unspecified atom stereocenters. The Morgan fingerprint density at radius 1 is 1.28 bits per heavy atom. The highest BCUT2D eigenvalue weighted by Crippen LogP contribution is 2.32. The lowest BCUT2D eigenvalue weighted by atomic mass is 10.1. The number of amides is 1. The predicted octanol–water partition coefficient (Wildman–Crippen LogP) is 3.76. The third-order valence-corrected chi connectivity index (χ3v) is 7.85. The lowest BCUT2D eigenvalue weighted by Gasteiger charge is -2.22. The van der Waals surface area contributed by atoms with E-state index in [1.807, 2.05) is 24.3 Å². The molecule has 1 aromatic heterocycles. The molecule has 2 aromatic rings. The van der Waals surface area contributed by atoms with Gasteiger partial charge in [-0.1, -0.05) is 30.7 Å². The lowest BCUT2D eigenvalue weighted by Crippen LogP contribution is -2.42. The van der Waals surface area contributed by atoms with Crippen molar-refractivity contribution in [2.75, 3.05) is 11.9 Å². The second-order valence-corrected chi connectivity index (χ2v) is 9.70. The first-order valence-corrected chi connectivity index (χ1v) is 10.7. The highest BCUT2D eigenvalue weighted by atomic mass is 35.5. The molecule has 8 heteroatoms. The number of sulfonamides is 1. The Kier molecular flexibility index (Phi) is 5.48. The molecule has 134 valence electrons. The fourth-order valence-electron chi connectivity index (χ4n) is 2.89. The van der Waals surface area contributed by atoms with Crippen molar-refractivity contribution in [1.29, 1.82) is 0 Å². The van der Waals surface area contributed by atoms with E-state index >= 15 is 0 Å². The van der Waals surface area contributed by atoms with Crippen LogP contribution in [-0.4, -0.2) is 31.2 Å². The molecule has 3 rings (SSSR count). The summed E-state index contributed by atoms with van der Waals surface area (Å²) in [6, 6.07) is 9.92. The van der Waals surface area contributed by atoms with Crippen LogP contribution in [0.3, 0.4) is 0 Å². The van der Waals surface area contributed by atoms with Crippen molar-refractivity contribution in [2.45, 2.75) is 36.4 Å². The minimum absolute atomic E-state index is 0.171. The zero-order valence-electron chi connectivity index (χ0n) is 13.7. The molecule has 1 saturated heterocycles. The molecule has 1 atom stereocenters. The maximum absolute atomic E-state index is 12.8. The minimum Gasteiger partial charge on any atom is -0.325 e. The normalized spacial score (nSPS) is 18.4. The van der Waals surface area contributed by atoms with Gasteiger partial charge in [-0.3, -0.25) is 4.79 Å². The summed E-state index contributed by atoms with van der Waals surface area (Å²) in [4.78, 5) is 12.6. The summed E-state index contributed by atoms with van der Waals surface area (Å²) in [5, 5.41) is 2.83. The van der Waals surface area contributed by atoms with Gasteiger partial charge in [-0.25, -0.2) is 8.42 Å². The Morgan fingerprint density at radius 2 is 2.00 bits per heavy atom. The number of hydrogen-bond donors (Lipinski definition) is 1. The molecule has 0 bridgehead atoms. The van der Waals surface area contributed by atoms with Crippen LogP contribution in [0.1, 0.15) is 25.3 Å². The molecular weight excluding hydrogens is 380 g/mol. The maximum Gasteiger partial charge on any atom is 0.253 e. The average Bonchev–Trinajstić information content (AvgIpc) is 3.25. The Hall–Kier alpha value is -1.41. The number of anilines is 1. The number of rotatable bonds is 5. The van der Waals surface area contributed by atoms with Gasteiger partial charge in [0.15, 0.2) is 0 Å². The van der Waals surface area contributed by atoms with Crippen LogP contribution < -0.4 is 5.32 Å². The van der Waals surface area contributed by atoms with Gasteiger partial charge in [0.05, 0.1) is 4.34 Å². The maximum atomic E-state index is 12.8. The fourth-order valence-corrected chi connectivity index (χ4v) is 6.16. The summed E-state index contributed by atoms with van der Waals surface area (Å²) in [5.41, 5.74) is 1.85. The number of halogens is 1. The van der Waals surface area contributed by atoms with Crippen LogP contribution in [0.15, 0.2) is 40.6 Å². The first kappa shape index (κ1) is 18.4. The van der Waals surface area contributed by atoms with Gasteiger partial charge in [0.2, 0.25) is 5.91 Å². The number of benzene rings is 1. The van der Waals surface area contributed by atoms with E-state index in [1.165, 1.54) is 15.9 Å².